The Kier molecular flexibility index (Phi) is 4.54. The van der Waals surface area contributed by atoms with E-state index in [1.54, 1.807) is 12.4 Å². The highest BCUT2D eigenvalue weighted by Gasteiger charge is 2.43. The lowest BCUT2D eigenvalue weighted by atomic mass is 9.92. The Balaban J connectivity index is 1.29. The number of benzene rings is 1. The molecule has 1 saturated heterocycles. The maximum absolute atomic E-state index is 13.0. The molecule has 2 fully saturated rings. The zero-order valence-electron chi connectivity index (χ0n) is 16.5. The van der Waals surface area contributed by atoms with Crippen molar-refractivity contribution in [3.8, 4) is 0 Å². The molecule has 2 aliphatic rings. The van der Waals surface area contributed by atoms with Gasteiger partial charge in [0.15, 0.2) is 0 Å². The maximum atomic E-state index is 13.0. The predicted molar refractivity (Wildman–Crippen MR) is 108 cm³/mol. The van der Waals surface area contributed by atoms with Crippen LogP contribution in [0, 0.1) is 18.8 Å². The van der Waals surface area contributed by atoms with Crippen LogP contribution in [0.2, 0.25) is 0 Å². The Hall–Kier alpha value is -2.80. The first-order chi connectivity index (χ1) is 14.1. The van der Waals surface area contributed by atoms with E-state index >= 15 is 0 Å². The van der Waals surface area contributed by atoms with Gasteiger partial charge in [-0.15, -0.1) is 5.10 Å². The third-order valence-corrected chi connectivity index (χ3v) is 6.51. The molecule has 1 saturated carbocycles. The van der Waals surface area contributed by atoms with E-state index in [9.17, 15) is 4.79 Å². The lowest BCUT2D eigenvalue weighted by Crippen LogP contribution is -2.30. The van der Waals surface area contributed by atoms with Crippen LogP contribution in [-0.2, 0) is 6.42 Å². The molecule has 1 amide bonds. The van der Waals surface area contributed by atoms with Crippen LogP contribution in [0.15, 0.2) is 36.7 Å². The first-order valence-corrected chi connectivity index (χ1v) is 10.3. The minimum atomic E-state index is -0.110. The number of aromatic nitrogens is 4. The first kappa shape index (κ1) is 18.2. The molecule has 1 N–H and O–H groups in total. The van der Waals surface area contributed by atoms with Gasteiger partial charge >= 0.3 is 0 Å². The number of carbonyl (C=O) groups excluding carboxylic acids is 1. The average Bonchev–Trinajstić information content (AvgIpc) is 3.40. The Morgan fingerprint density at radius 3 is 2.69 bits per heavy atom. The molecule has 1 unspecified atom stereocenters. The fraction of sp³-hybridized carbons (Fsp3) is 0.455. The largest absolute Gasteiger partial charge is 0.396 e. The van der Waals surface area contributed by atoms with Crippen LogP contribution in [-0.4, -0.2) is 55.2 Å². The number of aliphatic hydroxyl groups excluding tert-OH is 1. The van der Waals surface area contributed by atoms with Crippen molar-refractivity contribution in [2.75, 3.05) is 19.7 Å². The number of hydrogen-bond donors (Lipinski definition) is 1. The van der Waals surface area contributed by atoms with Crippen LogP contribution >= 0.6 is 0 Å². The van der Waals surface area contributed by atoms with Crippen molar-refractivity contribution in [2.24, 2.45) is 11.8 Å². The summed E-state index contributed by atoms with van der Waals surface area (Å²) in [6.45, 7) is 3.80. The molecular formula is C22H25N5O2. The van der Waals surface area contributed by atoms with Crippen molar-refractivity contribution in [2.45, 2.75) is 32.1 Å². The number of fused-ring (bicyclic) bond motifs is 2. The maximum Gasteiger partial charge on any atom is 0.293 e. The van der Waals surface area contributed by atoms with Crippen LogP contribution < -0.4 is 0 Å². The highest BCUT2D eigenvalue weighted by molar-refractivity contribution is 5.91. The molecule has 1 aromatic carbocycles. The summed E-state index contributed by atoms with van der Waals surface area (Å²) in [6.07, 6.45) is 6.23. The van der Waals surface area contributed by atoms with Gasteiger partial charge in [0.05, 0.1) is 0 Å². The van der Waals surface area contributed by atoms with E-state index in [1.807, 2.05) is 4.90 Å². The van der Waals surface area contributed by atoms with E-state index in [0.29, 0.717) is 30.0 Å². The quantitative estimate of drug-likeness (QED) is 0.737. The van der Waals surface area contributed by atoms with Gasteiger partial charge in [0.1, 0.15) is 0 Å². The Morgan fingerprint density at radius 1 is 1.21 bits per heavy atom. The number of amides is 1. The smallest absolute Gasteiger partial charge is 0.293 e. The van der Waals surface area contributed by atoms with Crippen LogP contribution in [0.5, 0.6) is 0 Å². The number of aliphatic hydroxyl groups is 1. The highest BCUT2D eigenvalue weighted by Crippen LogP contribution is 2.47. The van der Waals surface area contributed by atoms with Crippen molar-refractivity contribution < 1.29 is 9.90 Å². The van der Waals surface area contributed by atoms with Gasteiger partial charge in [0.25, 0.3) is 11.7 Å². The van der Waals surface area contributed by atoms with Gasteiger partial charge < -0.3 is 10.0 Å². The minimum absolute atomic E-state index is 0.0493. The van der Waals surface area contributed by atoms with Gasteiger partial charge in [0, 0.05) is 32.1 Å². The van der Waals surface area contributed by atoms with Gasteiger partial charge in [-0.25, -0.2) is 9.50 Å². The van der Waals surface area contributed by atoms with E-state index in [-0.39, 0.29) is 18.3 Å². The van der Waals surface area contributed by atoms with Crippen LogP contribution in [0.4, 0.5) is 0 Å². The predicted octanol–water partition coefficient (Wildman–Crippen LogP) is 2.23. The molecule has 150 valence electrons. The lowest BCUT2D eigenvalue weighted by molar-refractivity contribution is 0.0768. The molecule has 3 atom stereocenters. The minimum Gasteiger partial charge on any atom is -0.396 e. The van der Waals surface area contributed by atoms with Gasteiger partial charge in [-0.1, -0.05) is 24.3 Å². The second-order valence-corrected chi connectivity index (χ2v) is 8.37. The standard InChI is InChI=1S/C22H25N5O2/c1-14-4-2-3-5-19(14)16-8-17-12-26(13-18(17)9-16)21(29)20-24-22-23-10-15(6-7-28)11-27(22)25-20/h2-5,10-11,16-18,28H,6-9,12-13H2,1H3/t16?,17-,18+. The lowest BCUT2D eigenvalue weighted by Gasteiger charge is -2.19. The highest BCUT2D eigenvalue weighted by atomic mass is 16.3. The van der Waals surface area contributed by atoms with Crippen molar-refractivity contribution in [1.29, 1.82) is 0 Å². The van der Waals surface area contributed by atoms with Gasteiger partial charge in [0.2, 0.25) is 5.82 Å². The molecule has 0 bridgehead atoms. The zero-order valence-corrected chi connectivity index (χ0v) is 16.5. The van der Waals surface area contributed by atoms with Crippen LogP contribution in [0.3, 0.4) is 0 Å². The van der Waals surface area contributed by atoms with E-state index in [2.05, 4.69) is 46.3 Å². The molecule has 7 nitrogen and oxygen atoms in total. The molecule has 0 radical (unpaired) electrons. The Labute approximate surface area is 169 Å². The topological polar surface area (TPSA) is 83.6 Å². The Bertz CT molecular complexity index is 1050. The van der Waals surface area contributed by atoms with Gasteiger partial charge in [-0.2, -0.15) is 4.98 Å². The normalized spacial score (nSPS) is 23.7. The number of nitrogens with zero attached hydrogens (tertiary/aromatic N) is 5. The number of carbonyl (C=O) groups is 1. The van der Waals surface area contributed by atoms with Crippen molar-refractivity contribution in [3.05, 3.63) is 59.2 Å². The fourth-order valence-corrected chi connectivity index (χ4v) is 5.08. The molecule has 0 spiro atoms. The molecule has 1 aliphatic heterocycles. The molecule has 1 aliphatic carbocycles. The number of aryl methyl sites for hydroxylation is 1. The molecular weight excluding hydrogens is 366 g/mol. The number of hydrogen-bond acceptors (Lipinski definition) is 5. The monoisotopic (exact) mass is 391 g/mol. The van der Waals surface area contributed by atoms with Gasteiger partial charge in [-0.05, 0) is 60.6 Å². The first-order valence-electron chi connectivity index (χ1n) is 10.3. The van der Waals surface area contributed by atoms with Crippen molar-refractivity contribution in [3.63, 3.8) is 0 Å². The molecule has 3 heterocycles. The molecule has 7 heteroatoms. The molecule has 2 aromatic heterocycles. The average molecular weight is 391 g/mol. The van der Waals surface area contributed by atoms with Crippen LogP contribution in [0.1, 0.15) is 46.1 Å². The van der Waals surface area contributed by atoms with E-state index in [1.165, 1.54) is 15.6 Å². The summed E-state index contributed by atoms with van der Waals surface area (Å²) in [4.78, 5) is 23.5. The summed E-state index contributed by atoms with van der Waals surface area (Å²) in [5.74, 6) is 2.21. The second-order valence-electron chi connectivity index (χ2n) is 8.37. The number of likely N-dealkylation sites (tertiary alicyclic amines) is 1. The van der Waals surface area contributed by atoms with Gasteiger partial charge in [-0.3, -0.25) is 4.79 Å². The van der Waals surface area contributed by atoms with E-state index in [0.717, 1.165) is 31.5 Å². The third-order valence-electron chi connectivity index (χ3n) is 6.51. The number of rotatable bonds is 4. The van der Waals surface area contributed by atoms with Crippen LogP contribution in [0.25, 0.3) is 5.78 Å². The molecule has 3 aromatic rings. The molecule has 5 rings (SSSR count). The summed E-state index contributed by atoms with van der Waals surface area (Å²) in [5.41, 5.74) is 3.70. The van der Waals surface area contributed by atoms with E-state index in [4.69, 9.17) is 5.11 Å². The third kappa shape index (κ3) is 3.29. The summed E-state index contributed by atoms with van der Waals surface area (Å²) in [5, 5.41) is 13.4. The summed E-state index contributed by atoms with van der Waals surface area (Å²) in [6, 6.07) is 8.66. The zero-order chi connectivity index (χ0) is 20.0. The van der Waals surface area contributed by atoms with Crippen molar-refractivity contribution >= 4 is 11.7 Å². The van der Waals surface area contributed by atoms with E-state index < -0.39 is 0 Å². The summed E-state index contributed by atoms with van der Waals surface area (Å²) >= 11 is 0. The fourth-order valence-electron chi connectivity index (χ4n) is 5.08. The molecule has 29 heavy (non-hydrogen) atoms. The second kappa shape index (κ2) is 7.22. The summed E-state index contributed by atoms with van der Waals surface area (Å²) < 4.78 is 1.53. The Morgan fingerprint density at radius 2 is 1.97 bits per heavy atom. The summed E-state index contributed by atoms with van der Waals surface area (Å²) in [7, 11) is 0. The SMILES string of the molecule is Cc1ccccc1C1C[C@@H]2CN(C(=O)c3nc4ncc(CCO)cn4n3)C[C@@H]2C1. The van der Waals surface area contributed by atoms with Crippen molar-refractivity contribution in [1.82, 2.24) is 24.5 Å².